The highest BCUT2D eigenvalue weighted by molar-refractivity contribution is 5.58. The van der Waals surface area contributed by atoms with Gasteiger partial charge in [-0.15, -0.1) is 0 Å². The Morgan fingerprint density at radius 3 is 2.10 bits per heavy atom. The molecule has 0 aromatic carbocycles. The maximum absolute atomic E-state index is 5.63. The molecule has 120 valence electrons. The third-order valence-corrected chi connectivity index (χ3v) is 3.64. The maximum Gasteiger partial charge on any atom is 0.148 e. The fourth-order valence-corrected chi connectivity index (χ4v) is 2.36. The van der Waals surface area contributed by atoms with Crippen molar-refractivity contribution in [1.29, 1.82) is 0 Å². The van der Waals surface area contributed by atoms with Gasteiger partial charge in [0.2, 0.25) is 0 Å². The molecule has 0 aliphatic carbocycles. The Morgan fingerprint density at radius 2 is 1.62 bits per heavy atom. The van der Waals surface area contributed by atoms with E-state index in [1.54, 1.807) is 0 Å². The lowest BCUT2D eigenvalue weighted by Gasteiger charge is -2.26. The standard InChI is InChI=1S/C16H31N5/c1-5-8-11-21(12-9-6-2)16-13(4)15(20-17)18-14(19-16)10-7-3/h5-12,17H2,1-4H3,(H,18,19,20). The van der Waals surface area contributed by atoms with Crippen LogP contribution in [0.2, 0.25) is 0 Å². The van der Waals surface area contributed by atoms with Gasteiger partial charge in [0.25, 0.3) is 0 Å². The van der Waals surface area contributed by atoms with Crippen molar-refractivity contribution in [1.82, 2.24) is 9.97 Å². The fourth-order valence-electron chi connectivity index (χ4n) is 2.36. The van der Waals surface area contributed by atoms with Crippen LogP contribution in [0.15, 0.2) is 0 Å². The van der Waals surface area contributed by atoms with E-state index in [1.807, 2.05) is 6.92 Å². The summed E-state index contributed by atoms with van der Waals surface area (Å²) >= 11 is 0. The number of nitrogen functional groups attached to an aromatic ring is 1. The van der Waals surface area contributed by atoms with Crippen molar-refractivity contribution in [3.63, 3.8) is 0 Å². The Hall–Kier alpha value is -1.36. The average molecular weight is 293 g/mol. The molecule has 1 aromatic heterocycles. The highest BCUT2D eigenvalue weighted by atomic mass is 15.3. The van der Waals surface area contributed by atoms with Crippen LogP contribution >= 0.6 is 0 Å². The number of anilines is 2. The minimum Gasteiger partial charge on any atom is -0.356 e. The highest BCUT2D eigenvalue weighted by Gasteiger charge is 2.15. The molecule has 0 saturated carbocycles. The second-order valence-corrected chi connectivity index (χ2v) is 5.53. The number of aromatic nitrogens is 2. The molecule has 1 rings (SSSR count). The van der Waals surface area contributed by atoms with E-state index >= 15 is 0 Å². The zero-order valence-corrected chi connectivity index (χ0v) is 14.1. The van der Waals surface area contributed by atoms with Crippen molar-refractivity contribution in [2.75, 3.05) is 23.4 Å². The second-order valence-electron chi connectivity index (χ2n) is 5.53. The molecule has 0 aliphatic heterocycles. The summed E-state index contributed by atoms with van der Waals surface area (Å²) < 4.78 is 0. The number of hydrogen-bond acceptors (Lipinski definition) is 5. The molecule has 0 spiro atoms. The van der Waals surface area contributed by atoms with Crippen molar-refractivity contribution in [2.24, 2.45) is 5.84 Å². The minimum atomic E-state index is 0.751. The Kier molecular flexibility index (Phi) is 8.05. The second kappa shape index (κ2) is 9.55. The molecule has 0 bridgehead atoms. The van der Waals surface area contributed by atoms with Gasteiger partial charge in [-0.05, 0) is 26.2 Å². The largest absolute Gasteiger partial charge is 0.356 e. The van der Waals surface area contributed by atoms with Crippen molar-refractivity contribution in [2.45, 2.75) is 66.2 Å². The highest BCUT2D eigenvalue weighted by Crippen LogP contribution is 2.24. The summed E-state index contributed by atoms with van der Waals surface area (Å²) in [5.74, 6) is 8.30. The first-order valence-corrected chi connectivity index (χ1v) is 8.26. The van der Waals surface area contributed by atoms with Crippen molar-refractivity contribution < 1.29 is 0 Å². The maximum atomic E-state index is 5.63. The molecule has 5 heteroatoms. The van der Waals surface area contributed by atoms with Crippen LogP contribution < -0.4 is 16.2 Å². The van der Waals surface area contributed by atoms with E-state index in [2.05, 4.69) is 36.1 Å². The molecule has 1 heterocycles. The molecule has 3 N–H and O–H groups in total. The van der Waals surface area contributed by atoms with Gasteiger partial charge < -0.3 is 10.3 Å². The molecule has 1 aromatic rings. The van der Waals surface area contributed by atoms with Crippen LogP contribution in [0.3, 0.4) is 0 Å². The lowest BCUT2D eigenvalue weighted by Crippen LogP contribution is -2.28. The molecule has 0 atom stereocenters. The van der Waals surface area contributed by atoms with Crippen LogP contribution in [-0.2, 0) is 6.42 Å². The van der Waals surface area contributed by atoms with Gasteiger partial charge in [-0.25, -0.2) is 15.8 Å². The SMILES string of the molecule is CCCCN(CCCC)c1nc(CCC)nc(NN)c1C. The van der Waals surface area contributed by atoms with Gasteiger partial charge in [0.1, 0.15) is 17.5 Å². The molecule has 0 fully saturated rings. The third kappa shape index (κ3) is 5.16. The van der Waals surface area contributed by atoms with Crippen molar-refractivity contribution >= 4 is 11.6 Å². The van der Waals surface area contributed by atoms with Crippen LogP contribution in [-0.4, -0.2) is 23.1 Å². The molecule has 0 unspecified atom stereocenters. The van der Waals surface area contributed by atoms with Gasteiger partial charge in [-0.3, -0.25) is 0 Å². The topological polar surface area (TPSA) is 67.1 Å². The lowest BCUT2D eigenvalue weighted by atomic mass is 10.2. The third-order valence-electron chi connectivity index (χ3n) is 3.64. The first-order valence-electron chi connectivity index (χ1n) is 8.26. The number of unbranched alkanes of at least 4 members (excludes halogenated alkanes) is 2. The molecule has 0 amide bonds. The van der Waals surface area contributed by atoms with E-state index in [4.69, 9.17) is 10.8 Å². The average Bonchev–Trinajstić information content (AvgIpc) is 2.49. The first kappa shape index (κ1) is 17.7. The molecule has 21 heavy (non-hydrogen) atoms. The van der Waals surface area contributed by atoms with E-state index in [0.717, 1.165) is 49.0 Å². The normalized spacial score (nSPS) is 10.7. The van der Waals surface area contributed by atoms with Gasteiger partial charge in [0, 0.05) is 25.1 Å². The van der Waals surface area contributed by atoms with Crippen LogP contribution in [0.4, 0.5) is 11.6 Å². The van der Waals surface area contributed by atoms with Gasteiger partial charge in [0.05, 0.1) is 0 Å². The quantitative estimate of drug-likeness (QED) is 0.511. The van der Waals surface area contributed by atoms with Gasteiger partial charge in [0.15, 0.2) is 0 Å². The summed E-state index contributed by atoms with van der Waals surface area (Å²) in [5, 5.41) is 0. The molecule has 5 nitrogen and oxygen atoms in total. The summed E-state index contributed by atoms with van der Waals surface area (Å²) in [6, 6.07) is 0. The summed E-state index contributed by atoms with van der Waals surface area (Å²) in [5.41, 5.74) is 3.77. The van der Waals surface area contributed by atoms with Crippen molar-refractivity contribution in [3.8, 4) is 0 Å². The van der Waals surface area contributed by atoms with E-state index in [1.165, 1.54) is 25.7 Å². The smallest absolute Gasteiger partial charge is 0.148 e. The molecular weight excluding hydrogens is 262 g/mol. The predicted molar refractivity (Wildman–Crippen MR) is 90.6 cm³/mol. The van der Waals surface area contributed by atoms with Gasteiger partial charge >= 0.3 is 0 Å². The van der Waals surface area contributed by atoms with Crippen LogP contribution in [0.25, 0.3) is 0 Å². The number of hydrazine groups is 1. The van der Waals surface area contributed by atoms with E-state index in [9.17, 15) is 0 Å². The Morgan fingerprint density at radius 1 is 1.00 bits per heavy atom. The Labute approximate surface area is 129 Å². The predicted octanol–water partition coefficient (Wildman–Crippen LogP) is 3.43. The molecule has 0 radical (unpaired) electrons. The Balaban J connectivity index is 3.10. The number of aryl methyl sites for hydroxylation is 1. The zero-order chi connectivity index (χ0) is 15.7. The minimum absolute atomic E-state index is 0.751. The van der Waals surface area contributed by atoms with Gasteiger partial charge in [-0.2, -0.15) is 0 Å². The van der Waals surface area contributed by atoms with Crippen LogP contribution in [0, 0.1) is 6.92 Å². The van der Waals surface area contributed by atoms with Crippen LogP contribution in [0.5, 0.6) is 0 Å². The number of nitrogens with zero attached hydrogens (tertiary/aromatic N) is 3. The molecule has 0 saturated heterocycles. The summed E-state index contributed by atoms with van der Waals surface area (Å²) in [6.07, 6.45) is 6.67. The van der Waals surface area contributed by atoms with Crippen molar-refractivity contribution in [3.05, 3.63) is 11.4 Å². The fraction of sp³-hybridized carbons (Fsp3) is 0.750. The summed E-state index contributed by atoms with van der Waals surface area (Å²) in [4.78, 5) is 11.7. The summed E-state index contributed by atoms with van der Waals surface area (Å²) in [7, 11) is 0. The zero-order valence-electron chi connectivity index (χ0n) is 14.1. The lowest BCUT2D eigenvalue weighted by molar-refractivity contribution is 0.665. The number of nitrogens with two attached hydrogens (primary N) is 1. The van der Waals surface area contributed by atoms with Crippen LogP contribution in [0.1, 0.15) is 64.3 Å². The monoisotopic (exact) mass is 293 g/mol. The number of rotatable bonds is 10. The number of hydrogen-bond donors (Lipinski definition) is 2. The summed E-state index contributed by atoms with van der Waals surface area (Å²) in [6.45, 7) is 10.7. The number of nitrogens with one attached hydrogen (secondary N) is 1. The Bertz CT molecular complexity index is 411. The van der Waals surface area contributed by atoms with Gasteiger partial charge in [-0.1, -0.05) is 33.6 Å². The van der Waals surface area contributed by atoms with E-state index < -0.39 is 0 Å². The molecule has 0 aliphatic rings. The van der Waals surface area contributed by atoms with E-state index in [-0.39, 0.29) is 0 Å². The molecular formula is C16H31N5. The first-order chi connectivity index (χ1) is 10.2. The van der Waals surface area contributed by atoms with E-state index in [0.29, 0.717) is 0 Å².